The second-order valence-corrected chi connectivity index (χ2v) is 5.13. The monoisotopic (exact) mass is 220 g/mol. The maximum atomic E-state index is 9.93. The largest absolute Gasteiger partial charge is 0.496 e. The van der Waals surface area contributed by atoms with Gasteiger partial charge in [-0.2, -0.15) is 0 Å². The Hall–Kier alpha value is -1.02. The molecule has 1 aromatic rings. The highest BCUT2D eigenvalue weighted by atomic mass is 16.5. The zero-order valence-corrected chi connectivity index (χ0v) is 10.3. The SMILES string of the molecule is COc1cc(C(C)C)ccc1CC1(O)CC1. The lowest BCUT2D eigenvalue weighted by molar-refractivity contribution is 0.150. The second kappa shape index (κ2) is 4.10. The van der Waals surface area contributed by atoms with Crippen LogP contribution in [-0.4, -0.2) is 17.8 Å². The third-order valence-electron chi connectivity index (χ3n) is 3.32. The molecular weight excluding hydrogens is 200 g/mol. The second-order valence-electron chi connectivity index (χ2n) is 5.13. The number of methoxy groups -OCH3 is 1. The van der Waals surface area contributed by atoms with E-state index >= 15 is 0 Å². The van der Waals surface area contributed by atoms with Gasteiger partial charge in [-0.15, -0.1) is 0 Å². The van der Waals surface area contributed by atoms with E-state index in [1.807, 2.05) is 0 Å². The molecule has 2 rings (SSSR count). The Bertz CT molecular complexity index is 378. The van der Waals surface area contributed by atoms with E-state index in [0.29, 0.717) is 12.3 Å². The van der Waals surface area contributed by atoms with E-state index < -0.39 is 5.60 Å². The van der Waals surface area contributed by atoms with Crippen molar-refractivity contribution in [2.75, 3.05) is 7.11 Å². The Labute approximate surface area is 97.3 Å². The molecule has 2 heteroatoms. The third kappa shape index (κ3) is 2.38. The number of benzene rings is 1. The van der Waals surface area contributed by atoms with Gasteiger partial charge in [0.05, 0.1) is 12.7 Å². The van der Waals surface area contributed by atoms with E-state index in [4.69, 9.17) is 4.74 Å². The van der Waals surface area contributed by atoms with Crippen LogP contribution in [0.5, 0.6) is 5.75 Å². The van der Waals surface area contributed by atoms with Crippen molar-refractivity contribution in [1.29, 1.82) is 0 Å². The minimum atomic E-state index is -0.452. The summed E-state index contributed by atoms with van der Waals surface area (Å²) in [5, 5.41) is 9.93. The maximum absolute atomic E-state index is 9.93. The van der Waals surface area contributed by atoms with Crippen LogP contribution in [-0.2, 0) is 6.42 Å². The first kappa shape index (κ1) is 11.5. The molecule has 0 spiro atoms. The normalized spacial score (nSPS) is 17.6. The molecule has 0 saturated heterocycles. The zero-order valence-electron chi connectivity index (χ0n) is 10.3. The van der Waals surface area contributed by atoms with E-state index in [-0.39, 0.29) is 0 Å². The van der Waals surface area contributed by atoms with Gasteiger partial charge in [-0.25, -0.2) is 0 Å². The van der Waals surface area contributed by atoms with Crippen LogP contribution in [0.4, 0.5) is 0 Å². The number of aliphatic hydroxyl groups is 1. The fourth-order valence-corrected chi connectivity index (χ4v) is 1.94. The van der Waals surface area contributed by atoms with Crippen molar-refractivity contribution in [1.82, 2.24) is 0 Å². The Morgan fingerprint density at radius 3 is 2.56 bits per heavy atom. The molecule has 0 heterocycles. The lowest BCUT2D eigenvalue weighted by atomic mass is 9.98. The molecule has 2 nitrogen and oxygen atoms in total. The fraction of sp³-hybridized carbons (Fsp3) is 0.571. The van der Waals surface area contributed by atoms with E-state index in [1.165, 1.54) is 5.56 Å². The molecule has 0 radical (unpaired) electrons. The van der Waals surface area contributed by atoms with Crippen LogP contribution in [0.1, 0.15) is 43.7 Å². The highest BCUT2D eigenvalue weighted by Crippen LogP contribution is 2.40. The van der Waals surface area contributed by atoms with Gasteiger partial charge in [-0.3, -0.25) is 0 Å². The summed E-state index contributed by atoms with van der Waals surface area (Å²) in [6, 6.07) is 6.31. The predicted octanol–water partition coefficient (Wildman–Crippen LogP) is 2.89. The van der Waals surface area contributed by atoms with Crippen molar-refractivity contribution in [2.24, 2.45) is 0 Å². The van der Waals surface area contributed by atoms with Gasteiger partial charge >= 0.3 is 0 Å². The zero-order chi connectivity index (χ0) is 11.8. The summed E-state index contributed by atoms with van der Waals surface area (Å²) in [7, 11) is 1.69. The molecule has 1 aliphatic rings. The van der Waals surface area contributed by atoms with Gasteiger partial charge in [0.2, 0.25) is 0 Å². The molecule has 1 fully saturated rings. The summed E-state index contributed by atoms with van der Waals surface area (Å²) in [6.07, 6.45) is 2.55. The molecule has 1 saturated carbocycles. The average molecular weight is 220 g/mol. The van der Waals surface area contributed by atoms with Crippen LogP contribution in [0.15, 0.2) is 18.2 Å². The van der Waals surface area contributed by atoms with Crippen molar-refractivity contribution in [3.8, 4) is 5.75 Å². The van der Waals surface area contributed by atoms with Gasteiger partial charge in [-0.05, 0) is 36.0 Å². The minimum Gasteiger partial charge on any atom is -0.496 e. The molecule has 0 amide bonds. The van der Waals surface area contributed by atoms with Gasteiger partial charge in [0.15, 0.2) is 0 Å². The highest BCUT2D eigenvalue weighted by molar-refractivity contribution is 5.40. The molecule has 0 aliphatic heterocycles. The van der Waals surface area contributed by atoms with Gasteiger partial charge in [0.25, 0.3) is 0 Å². The number of ether oxygens (including phenoxy) is 1. The standard InChI is InChI=1S/C14H20O2/c1-10(2)11-4-5-12(13(8-11)16-3)9-14(15)6-7-14/h4-5,8,10,15H,6-7,9H2,1-3H3. The Morgan fingerprint density at radius 1 is 1.38 bits per heavy atom. The quantitative estimate of drug-likeness (QED) is 0.845. The summed E-state index contributed by atoms with van der Waals surface area (Å²) in [6.45, 7) is 4.34. The average Bonchev–Trinajstić information content (AvgIpc) is 2.96. The molecular formula is C14H20O2. The van der Waals surface area contributed by atoms with Crippen LogP contribution in [0.3, 0.4) is 0 Å². The van der Waals surface area contributed by atoms with E-state index in [1.54, 1.807) is 7.11 Å². The predicted molar refractivity (Wildman–Crippen MR) is 65.0 cm³/mol. The summed E-state index contributed by atoms with van der Waals surface area (Å²) >= 11 is 0. The third-order valence-corrected chi connectivity index (χ3v) is 3.32. The fourth-order valence-electron chi connectivity index (χ4n) is 1.94. The van der Waals surface area contributed by atoms with E-state index in [2.05, 4.69) is 32.0 Å². The summed E-state index contributed by atoms with van der Waals surface area (Å²) in [4.78, 5) is 0. The highest BCUT2D eigenvalue weighted by Gasteiger charge is 2.40. The maximum Gasteiger partial charge on any atom is 0.122 e. The lowest BCUT2D eigenvalue weighted by Crippen LogP contribution is -2.11. The molecule has 0 aromatic heterocycles. The minimum absolute atomic E-state index is 0.452. The van der Waals surface area contributed by atoms with E-state index in [0.717, 1.165) is 24.2 Å². The molecule has 88 valence electrons. The van der Waals surface area contributed by atoms with Crippen LogP contribution in [0.25, 0.3) is 0 Å². The topological polar surface area (TPSA) is 29.5 Å². The van der Waals surface area contributed by atoms with Crippen molar-refractivity contribution in [3.63, 3.8) is 0 Å². The molecule has 0 bridgehead atoms. The van der Waals surface area contributed by atoms with E-state index in [9.17, 15) is 5.11 Å². The molecule has 1 aliphatic carbocycles. The molecule has 16 heavy (non-hydrogen) atoms. The first-order valence-corrected chi connectivity index (χ1v) is 5.93. The van der Waals surface area contributed by atoms with Crippen molar-refractivity contribution >= 4 is 0 Å². The molecule has 0 atom stereocenters. The Balaban J connectivity index is 2.24. The van der Waals surface area contributed by atoms with Crippen LogP contribution in [0.2, 0.25) is 0 Å². The van der Waals surface area contributed by atoms with Crippen LogP contribution >= 0.6 is 0 Å². The van der Waals surface area contributed by atoms with Gasteiger partial charge in [0.1, 0.15) is 5.75 Å². The van der Waals surface area contributed by atoms with Crippen LogP contribution in [0, 0.1) is 0 Å². The first-order chi connectivity index (χ1) is 7.54. The van der Waals surface area contributed by atoms with Crippen molar-refractivity contribution in [2.45, 2.75) is 44.6 Å². The van der Waals surface area contributed by atoms with Gasteiger partial charge < -0.3 is 9.84 Å². The molecule has 1 aromatic carbocycles. The van der Waals surface area contributed by atoms with Crippen molar-refractivity contribution in [3.05, 3.63) is 29.3 Å². The molecule has 0 unspecified atom stereocenters. The first-order valence-electron chi connectivity index (χ1n) is 5.93. The Morgan fingerprint density at radius 2 is 2.06 bits per heavy atom. The van der Waals surface area contributed by atoms with Crippen molar-refractivity contribution < 1.29 is 9.84 Å². The lowest BCUT2D eigenvalue weighted by Gasteiger charge is -2.14. The van der Waals surface area contributed by atoms with Gasteiger partial charge in [-0.1, -0.05) is 26.0 Å². The number of hydrogen-bond donors (Lipinski definition) is 1. The number of hydrogen-bond acceptors (Lipinski definition) is 2. The van der Waals surface area contributed by atoms with Gasteiger partial charge in [0, 0.05) is 6.42 Å². The summed E-state index contributed by atoms with van der Waals surface area (Å²) < 4.78 is 5.40. The summed E-state index contributed by atoms with van der Waals surface area (Å²) in [5.74, 6) is 1.42. The number of rotatable bonds is 4. The smallest absolute Gasteiger partial charge is 0.122 e. The summed E-state index contributed by atoms with van der Waals surface area (Å²) in [5.41, 5.74) is 1.95. The molecule has 1 N–H and O–H groups in total. The Kier molecular flexibility index (Phi) is 2.94. The van der Waals surface area contributed by atoms with Crippen LogP contribution < -0.4 is 4.74 Å².